The molecule has 0 aliphatic carbocycles. The Balaban J connectivity index is 2.22. The number of ether oxygens (including phenoxy) is 1. The lowest BCUT2D eigenvalue weighted by molar-refractivity contribution is 0.386. The molecule has 0 atom stereocenters. The van der Waals surface area contributed by atoms with Crippen LogP contribution in [-0.4, -0.2) is 25.7 Å². The van der Waals surface area contributed by atoms with Crippen molar-refractivity contribution in [2.24, 2.45) is 5.73 Å². The van der Waals surface area contributed by atoms with Crippen LogP contribution in [0.1, 0.15) is 17.3 Å². The number of hydrogen-bond donors (Lipinski definition) is 2. The summed E-state index contributed by atoms with van der Waals surface area (Å²) in [6.45, 7) is 1.85. The van der Waals surface area contributed by atoms with Gasteiger partial charge in [0.25, 0.3) is 0 Å². The van der Waals surface area contributed by atoms with Crippen LogP contribution in [0.2, 0.25) is 0 Å². The number of methoxy groups -OCH3 is 1. The minimum Gasteiger partial charge on any atom is -0.495 e. The molecular formula is C12H16N4O4S. The molecule has 21 heavy (non-hydrogen) atoms. The van der Waals surface area contributed by atoms with Crippen molar-refractivity contribution in [2.45, 2.75) is 24.9 Å². The van der Waals surface area contributed by atoms with Crippen LogP contribution in [0.5, 0.6) is 5.75 Å². The van der Waals surface area contributed by atoms with Crippen LogP contribution in [-0.2, 0) is 23.1 Å². The van der Waals surface area contributed by atoms with Gasteiger partial charge in [-0.2, -0.15) is 4.98 Å². The van der Waals surface area contributed by atoms with E-state index in [4.69, 9.17) is 15.0 Å². The molecule has 0 aliphatic rings. The van der Waals surface area contributed by atoms with Crippen LogP contribution in [0, 0.1) is 6.92 Å². The van der Waals surface area contributed by atoms with Gasteiger partial charge in [0.1, 0.15) is 10.6 Å². The molecule has 1 aromatic heterocycles. The Morgan fingerprint density at radius 2 is 2.19 bits per heavy atom. The average molecular weight is 312 g/mol. The molecule has 0 amide bonds. The van der Waals surface area contributed by atoms with E-state index in [2.05, 4.69) is 14.9 Å². The predicted octanol–water partition coefficient (Wildman–Crippen LogP) is 0.324. The Bertz CT molecular complexity index is 727. The quantitative estimate of drug-likeness (QED) is 0.788. The Morgan fingerprint density at radius 3 is 2.76 bits per heavy atom. The standard InChI is InChI=1S/C12H16N4O4S/c1-8-15-12(16-20-8)7-14-21(17,18)11-4-3-9(6-13)5-10(11)19-2/h3-5,14H,6-7,13H2,1-2H3. The third kappa shape index (κ3) is 3.57. The number of nitrogens with zero attached hydrogens (tertiary/aromatic N) is 2. The number of benzene rings is 1. The van der Waals surface area contributed by atoms with Crippen molar-refractivity contribution in [3.8, 4) is 5.75 Å². The average Bonchev–Trinajstić information content (AvgIpc) is 2.90. The topological polar surface area (TPSA) is 120 Å². The Kier molecular flexibility index (Phi) is 4.56. The monoisotopic (exact) mass is 312 g/mol. The van der Waals surface area contributed by atoms with Gasteiger partial charge in [0, 0.05) is 13.5 Å². The molecule has 0 fully saturated rings. The highest BCUT2D eigenvalue weighted by Crippen LogP contribution is 2.24. The summed E-state index contributed by atoms with van der Waals surface area (Å²) in [5.74, 6) is 0.859. The van der Waals surface area contributed by atoms with Gasteiger partial charge in [-0.25, -0.2) is 13.1 Å². The molecule has 0 bridgehead atoms. The third-order valence-electron chi connectivity index (χ3n) is 2.74. The summed E-state index contributed by atoms with van der Waals surface area (Å²) < 4.78 is 36.8. The van der Waals surface area contributed by atoms with Crippen molar-refractivity contribution in [1.29, 1.82) is 0 Å². The molecule has 0 radical (unpaired) electrons. The van der Waals surface area contributed by atoms with Crippen molar-refractivity contribution in [2.75, 3.05) is 7.11 Å². The molecule has 0 unspecified atom stereocenters. The normalized spacial score (nSPS) is 11.6. The molecule has 1 aromatic carbocycles. The van der Waals surface area contributed by atoms with Gasteiger partial charge < -0.3 is 15.0 Å². The fourth-order valence-corrected chi connectivity index (χ4v) is 2.84. The molecule has 3 N–H and O–H groups in total. The minimum absolute atomic E-state index is 0.0300. The van der Waals surface area contributed by atoms with Gasteiger partial charge in [-0.1, -0.05) is 11.2 Å². The molecule has 8 nitrogen and oxygen atoms in total. The van der Waals surface area contributed by atoms with Gasteiger partial charge in [0.2, 0.25) is 15.9 Å². The summed E-state index contributed by atoms with van der Waals surface area (Å²) in [6, 6.07) is 4.67. The fourth-order valence-electron chi connectivity index (χ4n) is 1.71. The van der Waals surface area contributed by atoms with E-state index in [1.165, 1.54) is 13.2 Å². The number of nitrogens with two attached hydrogens (primary N) is 1. The van der Waals surface area contributed by atoms with Gasteiger partial charge >= 0.3 is 0 Å². The molecule has 0 aliphatic heterocycles. The second kappa shape index (κ2) is 6.20. The fraction of sp³-hybridized carbons (Fsp3) is 0.333. The molecule has 0 saturated heterocycles. The van der Waals surface area contributed by atoms with E-state index in [-0.39, 0.29) is 23.0 Å². The zero-order valence-corrected chi connectivity index (χ0v) is 12.5. The lowest BCUT2D eigenvalue weighted by Gasteiger charge is -2.11. The first-order chi connectivity index (χ1) is 9.96. The molecule has 0 spiro atoms. The highest BCUT2D eigenvalue weighted by molar-refractivity contribution is 7.89. The van der Waals surface area contributed by atoms with Crippen LogP contribution in [0.3, 0.4) is 0 Å². The lowest BCUT2D eigenvalue weighted by Crippen LogP contribution is -2.24. The SMILES string of the molecule is COc1cc(CN)ccc1S(=O)(=O)NCc1noc(C)n1. The van der Waals surface area contributed by atoms with Gasteiger partial charge in [0.15, 0.2) is 5.82 Å². The number of hydrogen-bond acceptors (Lipinski definition) is 7. The minimum atomic E-state index is -3.75. The maximum Gasteiger partial charge on any atom is 0.244 e. The largest absolute Gasteiger partial charge is 0.495 e. The Labute approximate surface area is 122 Å². The Hall–Kier alpha value is -1.97. The van der Waals surface area contributed by atoms with Crippen molar-refractivity contribution < 1.29 is 17.7 Å². The first-order valence-corrected chi connectivity index (χ1v) is 7.60. The first kappa shape index (κ1) is 15.4. The molecule has 9 heteroatoms. The summed E-state index contributed by atoms with van der Waals surface area (Å²) in [5.41, 5.74) is 6.30. The van der Waals surface area contributed by atoms with E-state index < -0.39 is 10.0 Å². The third-order valence-corrected chi connectivity index (χ3v) is 4.18. The van der Waals surface area contributed by atoms with Crippen LogP contribution in [0.15, 0.2) is 27.6 Å². The smallest absolute Gasteiger partial charge is 0.244 e. The van der Waals surface area contributed by atoms with E-state index in [0.29, 0.717) is 12.4 Å². The molecule has 114 valence electrons. The van der Waals surface area contributed by atoms with Crippen molar-refractivity contribution >= 4 is 10.0 Å². The first-order valence-electron chi connectivity index (χ1n) is 6.12. The van der Waals surface area contributed by atoms with Gasteiger partial charge in [0.05, 0.1) is 13.7 Å². The number of rotatable bonds is 6. The van der Waals surface area contributed by atoms with Gasteiger partial charge in [-0.05, 0) is 17.7 Å². The summed E-state index contributed by atoms with van der Waals surface area (Å²) in [5, 5.41) is 3.62. The van der Waals surface area contributed by atoms with E-state index in [1.54, 1.807) is 19.1 Å². The van der Waals surface area contributed by atoms with Crippen LogP contribution in [0.4, 0.5) is 0 Å². The van der Waals surface area contributed by atoms with Crippen molar-refractivity contribution in [3.63, 3.8) is 0 Å². The second-order valence-corrected chi connectivity index (χ2v) is 5.98. The summed E-state index contributed by atoms with van der Waals surface area (Å²) in [4.78, 5) is 3.95. The molecule has 0 saturated carbocycles. The highest BCUT2D eigenvalue weighted by atomic mass is 32.2. The maximum atomic E-state index is 12.3. The zero-order chi connectivity index (χ0) is 15.5. The molecular weight excluding hydrogens is 296 g/mol. The van der Waals surface area contributed by atoms with Gasteiger partial charge in [-0.15, -0.1) is 0 Å². The number of aromatic nitrogens is 2. The number of aryl methyl sites for hydroxylation is 1. The molecule has 2 rings (SSSR count). The van der Waals surface area contributed by atoms with Crippen LogP contribution in [0.25, 0.3) is 0 Å². The number of sulfonamides is 1. The second-order valence-electron chi connectivity index (χ2n) is 4.24. The summed E-state index contributed by atoms with van der Waals surface area (Å²) >= 11 is 0. The van der Waals surface area contributed by atoms with Crippen molar-refractivity contribution in [1.82, 2.24) is 14.9 Å². The Morgan fingerprint density at radius 1 is 1.43 bits per heavy atom. The van der Waals surface area contributed by atoms with Crippen LogP contribution >= 0.6 is 0 Å². The van der Waals surface area contributed by atoms with E-state index in [1.807, 2.05) is 0 Å². The molecule has 2 aromatic rings. The summed E-state index contributed by atoms with van der Waals surface area (Å²) in [6.07, 6.45) is 0. The number of nitrogens with one attached hydrogen (secondary N) is 1. The lowest BCUT2D eigenvalue weighted by atomic mass is 10.2. The highest BCUT2D eigenvalue weighted by Gasteiger charge is 2.20. The van der Waals surface area contributed by atoms with E-state index in [0.717, 1.165) is 5.56 Å². The predicted molar refractivity (Wildman–Crippen MR) is 73.9 cm³/mol. The molecule has 1 heterocycles. The van der Waals surface area contributed by atoms with E-state index in [9.17, 15) is 8.42 Å². The van der Waals surface area contributed by atoms with Crippen LogP contribution < -0.4 is 15.2 Å². The summed E-state index contributed by atoms with van der Waals surface area (Å²) in [7, 11) is -2.35. The maximum absolute atomic E-state index is 12.3. The van der Waals surface area contributed by atoms with E-state index >= 15 is 0 Å². The van der Waals surface area contributed by atoms with Crippen molar-refractivity contribution in [3.05, 3.63) is 35.5 Å². The van der Waals surface area contributed by atoms with Gasteiger partial charge in [-0.3, -0.25) is 0 Å². The zero-order valence-electron chi connectivity index (χ0n) is 11.7.